The van der Waals surface area contributed by atoms with Crippen molar-refractivity contribution in [2.45, 2.75) is 32.5 Å². The summed E-state index contributed by atoms with van der Waals surface area (Å²) in [5, 5.41) is 11.5. The average Bonchev–Trinajstić information content (AvgIpc) is 2.42. The molecule has 1 unspecified atom stereocenters. The van der Waals surface area contributed by atoms with Crippen LogP contribution in [0.5, 0.6) is 5.75 Å². The van der Waals surface area contributed by atoms with Gasteiger partial charge in [0.1, 0.15) is 5.75 Å². The third-order valence-electron chi connectivity index (χ3n) is 3.07. The summed E-state index contributed by atoms with van der Waals surface area (Å²) in [4.78, 5) is 0. The Bertz CT molecular complexity index is 591. The Kier molecular flexibility index (Phi) is 5.51. The van der Waals surface area contributed by atoms with E-state index in [0.717, 1.165) is 16.9 Å². The van der Waals surface area contributed by atoms with Gasteiger partial charge in [0.15, 0.2) is 0 Å². The fraction of sp³-hybridized carbons (Fsp3) is 0.294. The van der Waals surface area contributed by atoms with Crippen LogP contribution in [0.2, 0.25) is 10.0 Å². The SMILES string of the molecule is CC(C)Oc1cccc(C(O)Cc2c(Cl)cccc2Cl)c1. The molecular formula is C17H18Cl2O2. The van der Waals surface area contributed by atoms with Gasteiger partial charge in [-0.05, 0) is 49.2 Å². The first-order chi connectivity index (χ1) is 9.97. The second-order valence-electron chi connectivity index (χ2n) is 5.16. The van der Waals surface area contributed by atoms with Crippen LogP contribution in [0.15, 0.2) is 42.5 Å². The summed E-state index contributed by atoms with van der Waals surface area (Å²) in [6, 6.07) is 12.8. The Hall–Kier alpha value is -1.22. The van der Waals surface area contributed by atoms with Crippen LogP contribution in [0.3, 0.4) is 0 Å². The third-order valence-corrected chi connectivity index (χ3v) is 3.78. The lowest BCUT2D eigenvalue weighted by Crippen LogP contribution is -2.07. The van der Waals surface area contributed by atoms with Gasteiger partial charge in [0.25, 0.3) is 0 Å². The Morgan fingerprint density at radius 2 is 1.67 bits per heavy atom. The molecule has 0 aliphatic carbocycles. The Morgan fingerprint density at radius 3 is 2.29 bits per heavy atom. The normalized spacial score (nSPS) is 12.5. The predicted octanol–water partition coefficient (Wildman–Crippen LogP) is 5.06. The minimum Gasteiger partial charge on any atom is -0.491 e. The van der Waals surface area contributed by atoms with Crippen LogP contribution in [0.25, 0.3) is 0 Å². The van der Waals surface area contributed by atoms with Gasteiger partial charge in [-0.3, -0.25) is 0 Å². The van der Waals surface area contributed by atoms with Crippen LogP contribution in [-0.4, -0.2) is 11.2 Å². The molecule has 2 nitrogen and oxygen atoms in total. The average molecular weight is 325 g/mol. The molecule has 0 saturated carbocycles. The van der Waals surface area contributed by atoms with E-state index in [-0.39, 0.29) is 6.10 Å². The van der Waals surface area contributed by atoms with Crippen molar-refractivity contribution in [3.05, 3.63) is 63.6 Å². The van der Waals surface area contributed by atoms with Crippen molar-refractivity contribution in [2.75, 3.05) is 0 Å². The first kappa shape index (κ1) is 16.2. The minimum absolute atomic E-state index is 0.0930. The van der Waals surface area contributed by atoms with Crippen LogP contribution < -0.4 is 4.74 Å². The summed E-state index contributed by atoms with van der Waals surface area (Å²) < 4.78 is 5.64. The Balaban J connectivity index is 2.18. The van der Waals surface area contributed by atoms with Gasteiger partial charge in [0, 0.05) is 16.5 Å². The molecule has 2 aromatic carbocycles. The zero-order chi connectivity index (χ0) is 15.4. The molecule has 2 aromatic rings. The molecular weight excluding hydrogens is 307 g/mol. The molecule has 0 amide bonds. The summed E-state index contributed by atoms with van der Waals surface area (Å²) in [6.07, 6.45) is -0.225. The first-order valence-corrected chi connectivity index (χ1v) is 7.60. The van der Waals surface area contributed by atoms with Gasteiger partial charge in [-0.2, -0.15) is 0 Å². The van der Waals surface area contributed by atoms with Gasteiger partial charge in [-0.25, -0.2) is 0 Å². The highest BCUT2D eigenvalue weighted by molar-refractivity contribution is 6.36. The zero-order valence-electron chi connectivity index (χ0n) is 12.0. The van der Waals surface area contributed by atoms with Crippen LogP contribution >= 0.6 is 23.2 Å². The van der Waals surface area contributed by atoms with E-state index in [1.807, 2.05) is 38.1 Å². The molecule has 21 heavy (non-hydrogen) atoms. The number of rotatable bonds is 5. The lowest BCUT2D eigenvalue weighted by atomic mass is 10.0. The molecule has 0 aliphatic heterocycles. The quantitative estimate of drug-likeness (QED) is 0.833. The maximum Gasteiger partial charge on any atom is 0.120 e. The lowest BCUT2D eigenvalue weighted by molar-refractivity contribution is 0.177. The molecule has 112 valence electrons. The molecule has 0 aliphatic rings. The van der Waals surface area contributed by atoms with E-state index in [1.165, 1.54) is 0 Å². The second kappa shape index (κ2) is 7.17. The molecule has 0 saturated heterocycles. The van der Waals surface area contributed by atoms with Crippen molar-refractivity contribution in [1.29, 1.82) is 0 Å². The summed E-state index contributed by atoms with van der Waals surface area (Å²) in [5.41, 5.74) is 1.53. The van der Waals surface area contributed by atoms with Gasteiger partial charge in [-0.1, -0.05) is 41.4 Å². The predicted molar refractivity (Wildman–Crippen MR) is 87.3 cm³/mol. The number of hydrogen-bond donors (Lipinski definition) is 1. The van der Waals surface area contributed by atoms with Gasteiger partial charge in [0.2, 0.25) is 0 Å². The van der Waals surface area contributed by atoms with Gasteiger partial charge < -0.3 is 9.84 Å². The molecule has 0 bridgehead atoms. The van der Waals surface area contributed by atoms with Crippen LogP contribution in [0.4, 0.5) is 0 Å². The van der Waals surface area contributed by atoms with E-state index in [2.05, 4.69) is 0 Å². The van der Waals surface area contributed by atoms with Crippen molar-refractivity contribution in [3.8, 4) is 5.75 Å². The summed E-state index contributed by atoms with van der Waals surface area (Å²) in [6.45, 7) is 3.93. The van der Waals surface area contributed by atoms with Crippen LogP contribution in [-0.2, 0) is 6.42 Å². The van der Waals surface area contributed by atoms with Crippen molar-refractivity contribution < 1.29 is 9.84 Å². The highest BCUT2D eigenvalue weighted by atomic mass is 35.5. The Morgan fingerprint density at radius 1 is 1.05 bits per heavy atom. The van der Waals surface area contributed by atoms with Gasteiger partial charge in [0.05, 0.1) is 12.2 Å². The molecule has 0 fully saturated rings. The number of halogens is 2. The van der Waals surface area contributed by atoms with Crippen molar-refractivity contribution in [3.63, 3.8) is 0 Å². The van der Waals surface area contributed by atoms with E-state index >= 15 is 0 Å². The molecule has 4 heteroatoms. The first-order valence-electron chi connectivity index (χ1n) is 6.85. The molecule has 0 radical (unpaired) electrons. The topological polar surface area (TPSA) is 29.5 Å². The molecule has 0 heterocycles. The molecule has 1 N–H and O–H groups in total. The van der Waals surface area contributed by atoms with E-state index in [4.69, 9.17) is 27.9 Å². The van der Waals surface area contributed by atoms with Gasteiger partial charge in [-0.15, -0.1) is 0 Å². The number of aliphatic hydroxyl groups excluding tert-OH is 1. The van der Waals surface area contributed by atoms with E-state index in [1.54, 1.807) is 18.2 Å². The zero-order valence-corrected chi connectivity index (χ0v) is 13.5. The highest BCUT2D eigenvalue weighted by Gasteiger charge is 2.14. The Labute approximate surface area is 135 Å². The monoisotopic (exact) mass is 324 g/mol. The largest absolute Gasteiger partial charge is 0.491 e. The lowest BCUT2D eigenvalue weighted by Gasteiger charge is -2.16. The molecule has 0 spiro atoms. The number of ether oxygens (including phenoxy) is 1. The van der Waals surface area contributed by atoms with Crippen molar-refractivity contribution in [1.82, 2.24) is 0 Å². The van der Waals surface area contributed by atoms with E-state index < -0.39 is 6.10 Å². The maximum atomic E-state index is 10.4. The number of benzene rings is 2. The smallest absolute Gasteiger partial charge is 0.120 e. The summed E-state index contributed by atoms with van der Waals surface area (Å²) in [7, 11) is 0. The number of aliphatic hydroxyl groups is 1. The van der Waals surface area contributed by atoms with Gasteiger partial charge >= 0.3 is 0 Å². The van der Waals surface area contributed by atoms with Crippen molar-refractivity contribution in [2.24, 2.45) is 0 Å². The molecule has 1 atom stereocenters. The summed E-state index contributed by atoms with van der Waals surface area (Å²) >= 11 is 12.3. The van der Waals surface area contributed by atoms with Crippen LogP contribution in [0.1, 0.15) is 31.1 Å². The van der Waals surface area contributed by atoms with E-state index in [0.29, 0.717) is 16.5 Å². The fourth-order valence-corrected chi connectivity index (χ4v) is 2.66. The fourth-order valence-electron chi connectivity index (χ4n) is 2.11. The van der Waals surface area contributed by atoms with Crippen molar-refractivity contribution >= 4 is 23.2 Å². The minimum atomic E-state index is -0.682. The number of hydrogen-bond acceptors (Lipinski definition) is 2. The molecule has 2 rings (SSSR count). The standard InChI is InChI=1S/C17H18Cl2O2/c1-11(2)21-13-6-3-5-12(9-13)17(20)10-14-15(18)7-4-8-16(14)19/h3-9,11,17,20H,10H2,1-2H3. The maximum absolute atomic E-state index is 10.4. The highest BCUT2D eigenvalue weighted by Crippen LogP contribution is 2.30. The van der Waals surface area contributed by atoms with E-state index in [9.17, 15) is 5.11 Å². The summed E-state index contributed by atoms with van der Waals surface area (Å²) in [5.74, 6) is 0.742. The van der Waals surface area contributed by atoms with Crippen LogP contribution in [0, 0.1) is 0 Å². The third kappa shape index (κ3) is 4.37. The molecule has 0 aromatic heterocycles. The second-order valence-corrected chi connectivity index (χ2v) is 5.97.